The van der Waals surface area contributed by atoms with Gasteiger partial charge in [-0.05, 0) is 35.4 Å². The molecule has 6 rings (SSSR count). The molecule has 3 aromatic carbocycles. The first-order valence-electron chi connectivity index (χ1n) is 12.3. The summed E-state index contributed by atoms with van der Waals surface area (Å²) in [6.45, 7) is 3.82. The summed E-state index contributed by atoms with van der Waals surface area (Å²) in [6.07, 6.45) is 0.584. The number of morpholine rings is 1. The van der Waals surface area contributed by atoms with Crippen LogP contribution in [0.15, 0.2) is 63.8 Å². The van der Waals surface area contributed by atoms with Crippen LogP contribution in [-0.2, 0) is 4.74 Å². The second kappa shape index (κ2) is 10.2. The van der Waals surface area contributed by atoms with E-state index in [9.17, 15) is 18.4 Å². The van der Waals surface area contributed by atoms with E-state index in [0.717, 1.165) is 41.3 Å². The molecule has 0 atom stereocenters. The molecule has 3 heterocycles. The number of hydrogen-bond donors (Lipinski definition) is 0. The van der Waals surface area contributed by atoms with Gasteiger partial charge in [0.25, 0.3) is 5.91 Å². The number of halogens is 2. The minimum Gasteiger partial charge on any atom is -0.422 e. The highest BCUT2D eigenvalue weighted by Gasteiger charge is 2.26. The van der Waals surface area contributed by atoms with Crippen molar-refractivity contribution in [2.45, 2.75) is 6.42 Å². The molecule has 0 spiro atoms. The van der Waals surface area contributed by atoms with Crippen LogP contribution in [0.3, 0.4) is 0 Å². The van der Waals surface area contributed by atoms with E-state index in [1.807, 2.05) is 30.3 Å². The summed E-state index contributed by atoms with van der Waals surface area (Å²) in [5.41, 5.74) is -0.559. The Bertz CT molecular complexity index is 1730. The summed E-state index contributed by atoms with van der Waals surface area (Å²) in [5.74, 6) is -2.13. The number of thiazole rings is 1. The highest BCUT2D eigenvalue weighted by Crippen LogP contribution is 2.32. The summed E-state index contributed by atoms with van der Waals surface area (Å²) >= 11 is 1.00. The van der Waals surface area contributed by atoms with E-state index in [0.29, 0.717) is 37.1 Å². The highest BCUT2D eigenvalue weighted by molar-refractivity contribution is 7.22. The molecule has 0 N–H and O–H groups in total. The standard InChI is InChI=1S/C28H23F2N3O4S/c29-18-14-22(30)25-24(15-18)38-28(31-25)33(9-3-8-32-10-12-36-13-11-32)26(34)21-16-20-19-5-2-1-4-17(19)6-7-23(20)37-27(21)35/h1-2,4-7,14-16H,3,8-13H2. The van der Waals surface area contributed by atoms with E-state index in [1.165, 1.54) is 11.0 Å². The molecule has 2 aromatic heterocycles. The van der Waals surface area contributed by atoms with Gasteiger partial charge in [0.1, 0.15) is 22.5 Å². The maximum atomic E-state index is 14.4. The Labute approximate surface area is 219 Å². The molecule has 1 amide bonds. The minimum atomic E-state index is -0.806. The Balaban J connectivity index is 1.40. The third kappa shape index (κ3) is 4.66. The molecule has 1 aliphatic rings. The van der Waals surface area contributed by atoms with Crippen molar-refractivity contribution in [2.75, 3.05) is 44.3 Å². The molecular formula is C28H23F2N3O4S. The average molecular weight is 536 g/mol. The fourth-order valence-electron chi connectivity index (χ4n) is 4.79. The molecule has 5 aromatic rings. The van der Waals surface area contributed by atoms with Crippen molar-refractivity contribution in [2.24, 2.45) is 0 Å². The lowest BCUT2D eigenvalue weighted by atomic mass is 10.0. The van der Waals surface area contributed by atoms with Gasteiger partial charge in [-0.2, -0.15) is 0 Å². The number of hydrogen-bond acceptors (Lipinski definition) is 7. The van der Waals surface area contributed by atoms with Gasteiger partial charge >= 0.3 is 5.63 Å². The van der Waals surface area contributed by atoms with Crippen LogP contribution in [0.1, 0.15) is 16.8 Å². The van der Waals surface area contributed by atoms with Gasteiger partial charge in [-0.15, -0.1) is 0 Å². The number of amides is 1. The number of nitrogens with zero attached hydrogens (tertiary/aromatic N) is 3. The van der Waals surface area contributed by atoms with Crippen LogP contribution in [0.25, 0.3) is 32.0 Å². The number of carbonyl (C=O) groups excluding carboxylic acids is 1. The molecular weight excluding hydrogens is 512 g/mol. The van der Waals surface area contributed by atoms with Gasteiger partial charge in [-0.25, -0.2) is 18.6 Å². The fraction of sp³-hybridized carbons (Fsp3) is 0.250. The molecule has 1 fully saturated rings. The first kappa shape index (κ1) is 24.6. The van der Waals surface area contributed by atoms with Crippen molar-refractivity contribution in [3.8, 4) is 0 Å². The zero-order valence-corrected chi connectivity index (χ0v) is 21.1. The van der Waals surface area contributed by atoms with Crippen molar-refractivity contribution in [3.05, 3.63) is 82.2 Å². The van der Waals surface area contributed by atoms with Crippen molar-refractivity contribution in [3.63, 3.8) is 0 Å². The lowest BCUT2D eigenvalue weighted by Crippen LogP contribution is -2.40. The molecule has 10 heteroatoms. The van der Waals surface area contributed by atoms with Gasteiger partial charge in [-0.3, -0.25) is 14.6 Å². The molecule has 0 saturated carbocycles. The van der Waals surface area contributed by atoms with Crippen LogP contribution in [0, 0.1) is 11.6 Å². The molecule has 7 nitrogen and oxygen atoms in total. The Kier molecular flexibility index (Phi) is 6.61. The van der Waals surface area contributed by atoms with E-state index in [2.05, 4.69) is 9.88 Å². The van der Waals surface area contributed by atoms with Gasteiger partial charge in [0.15, 0.2) is 10.9 Å². The maximum absolute atomic E-state index is 14.4. The normalized spacial score (nSPS) is 14.5. The number of fused-ring (bicyclic) bond motifs is 4. The third-order valence-electron chi connectivity index (χ3n) is 6.71. The molecule has 194 valence electrons. The van der Waals surface area contributed by atoms with E-state index >= 15 is 0 Å². The average Bonchev–Trinajstić information content (AvgIpc) is 3.35. The summed E-state index contributed by atoms with van der Waals surface area (Å²) in [6, 6.07) is 14.7. The predicted molar refractivity (Wildman–Crippen MR) is 143 cm³/mol. The number of rotatable bonds is 6. The van der Waals surface area contributed by atoms with Crippen molar-refractivity contribution in [1.29, 1.82) is 0 Å². The Morgan fingerprint density at radius 3 is 2.71 bits per heavy atom. The molecule has 1 saturated heterocycles. The van der Waals surface area contributed by atoms with Gasteiger partial charge < -0.3 is 9.15 Å². The summed E-state index contributed by atoms with van der Waals surface area (Å²) in [4.78, 5) is 34.8. The fourth-order valence-corrected chi connectivity index (χ4v) is 5.82. The topological polar surface area (TPSA) is 75.9 Å². The van der Waals surface area contributed by atoms with Crippen LogP contribution in [-0.4, -0.2) is 55.2 Å². The monoisotopic (exact) mass is 535 g/mol. The van der Waals surface area contributed by atoms with E-state index in [-0.39, 0.29) is 27.5 Å². The van der Waals surface area contributed by atoms with Gasteiger partial charge in [0.05, 0.1) is 17.9 Å². The zero-order chi connectivity index (χ0) is 26.2. The Morgan fingerprint density at radius 2 is 1.87 bits per heavy atom. The Morgan fingerprint density at radius 1 is 1.05 bits per heavy atom. The van der Waals surface area contributed by atoms with Crippen molar-refractivity contribution < 1.29 is 22.7 Å². The summed E-state index contributed by atoms with van der Waals surface area (Å²) in [5, 5.41) is 2.61. The molecule has 0 aliphatic carbocycles. The van der Waals surface area contributed by atoms with E-state index < -0.39 is 23.2 Å². The number of aromatic nitrogens is 1. The first-order chi connectivity index (χ1) is 18.5. The maximum Gasteiger partial charge on any atom is 0.349 e. The van der Waals surface area contributed by atoms with Crippen LogP contribution in [0.4, 0.5) is 13.9 Å². The SMILES string of the molecule is O=C(c1cc2c(ccc3ccccc32)oc1=O)N(CCCN1CCOCC1)c1nc2c(F)cc(F)cc2s1. The minimum absolute atomic E-state index is 0.0195. The van der Waals surface area contributed by atoms with Crippen LogP contribution in [0.2, 0.25) is 0 Å². The van der Waals surface area contributed by atoms with E-state index in [1.54, 1.807) is 12.1 Å². The molecule has 38 heavy (non-hydrogen) atoms. The van der Waals surface area contributed by atoms with Gasteiger partial charge in [0, 0.05) is 37.6 Å². The second-order valence-electron chi connectivity index (χ2n) is 9.14. The van der Waals surface area contributed by atoms with Crippen molar-refractivity contribution >= 4 is 54.3 Å². The summed E-state index contributed by atoms with van der Waals surface area (Å²) < 4.78 is 39.5. The van der Waals surface area contributed by atoms with Crippen LogP contribution >= 0.6 is 11.3 Å². The Hall–Kier alpha value is -3.73. The van der Waals surface area contributed by atoms with E-state index in [4.69, 9.17) is 9.15 Å². The first-order valence-corrected chi connectivity index (χ1v) is 13.1. The quantitative estimate of drug-likeness (QED) is 0.220. The van der Waals surface area contributed by atoms with Crippen molar-refractivity contribution in [1.82, 2.24) is 9.88 Å². The largest absolute Gasteiger partial charge is 0.422 e. The lowest BCUT2D eigenvalue weighted by Gasteiger charge is -2.27. The molecule has 0 unspecified atom stereocenters. The number of benzene rings is 3. The molecule has 0 radical (unpaired) electrons. The number of carbonyl (C=O) groups is 1. The van der Waals surface area contributed by atoms with Crippen LogP contribution < -0.4 is 10.5 Å². The summed E-state index contributed by atoms with van der Waals surface area (Å²) in [7, 11) is 0. The van der Waals surface area contributed by atoms with Crippen LogP contribution in [0.5, 0.6) is 0 Å². The van der Waals surface area contributed by atoms with Gasteiger partial charge in [-0.1, -0.05) is 41.7 Å². The number of anilines is 1. The predicted octanol–water partition coefficient (Wildman–Crippen LogP) is 5.20. The van der Waals surface area contributed by atoms with Gasteiger partial charge in [0.2, 0.25) is 0 Å². The molecule has 1 aliphatic heterocycles. The second-order valence-corrected chi connectivity index (χ2v) is 10.2. The lowest BCUT2D eigenvalue weighted by molar-refractivity contribution is 0.0376. The highest BCUT2D eigenvalue weighted by atomic mass is 32.1. The molecule has 0 bridgehead atoms. The number of ether oxygens (including phenoxy) is 1. The smallest absolute Gasteiger partial charge is 0.349 e. The zero-order valence-electron chi connectivity index (χ0n) is 20.3. The third-order valence-corrected chi connectivity index (χ3v) is 7.74.